The zero-order chi connectivity index (χ0) is 10.3. The van der Waals surface area contributed by atoms with Crippen LogP contribution in [0.4, 0.5) is 0 Å². The van der Waals surface area contributed by atoms with Gasteiger partial charge >= 0.3 is 0 Å². The first kappa shape index (κ1) is 11.0. The zero-order valence-electron chi connectivity index (χ0n) is 9.72. The Morgan fingerprint density at radius 3 is 1.92 bits per heavy atom. The van der Waals surface area contributed by atoms with E-state index in [1.54, 1.807) is 0 Å². The lowest BCUT2D eigenvalue weighted by Gasteiger charge is -2.33. The molecule has 1 unspecified atom stereocenters. The van der Waals surface area contributed by atoms with Crippen LogP contribution in [0.25, 0.3) is 0 Å². The van der Waals surface area contributed by atoms with Crippen molar-refractivity contribution >= 4 is 0 Å². The molecule has 2 heteroatoms. The summed E-state index contributed by atoms with van der Waals surface area (Å²) in [4.78, 5) is 2.39. The molecule has 2 N–H and O–H groups in total. The second-order valence-corrected chi connectivity index (χ2v) is 5.95. The maximum atomic E-state index is 6.07. The van der Waals surface area contributed by atoms with E-state index in [1.807, 2.05) is 0 Å². The van der Waals surface area contributed by atoms with Crippen LogP contribution in [-0.2, 0) is 0 Å². The van der Waals surface area contributed by atoms with Crippen molar-refractivity contribution in [2.24, 2.45) is 17.1 Å². The minimum atomic E-state index is -0.139. The van der Waals surface area contributed by atoms with Crippen LogP contribution in [0.1, 0.15) is 41.0 Å². The smallest absolute Gasteiger partial charge is 0.0629 e. The zero-order valence-corrected chi connectivity index (χ0v) is 9.72. The minimum Gasteiger partial charge on any atom is -0.314 e. The Bertz CT molecular complexity index is 154. The first-order valence-corrected chi connectivity index (χ1v) is 5.25. The Labute approximate surface area is 82.5 Å². The van der Waals surface area contributed by atoms with Crippen molar-refractivity contribution < 1.29 is 0 Å². The second-order valence-electron chi connectivity index (χ2n) is 5.95. The number of likely N-dealkylation sites (tertiary alicyclic amines) is 1. The van der Waals surface area contributed by atoms with Gasteiger partial charge in [-0.3, -0.25) is 4.90 Å². The molecule has 0 saturated carbocycles. The normalized spacial score (nSPS) is 26.8. The van der Waals surface area contributed by atoms with Crippen LogP contribution in [0, 0.1) is 11.3 Å². The summed E-state index contributed by atoms with van der Waals surface area (Å²) in [5.74, 6) is 0.801. The van der Waals surface area contributed by atoms with E-state index >= 15 is 0 Å². The van der Waals surface area contributed by atoms with E-state index in [-0.39, 0.29) is 5.66 Å². The van der Waals surface area contributed by atoms with Gasteiger partial charge < -0.3 is 5.73 Å². The fourth-order valence-electron chi connectivity index (χ4n) is 1.99. The standard InChI is InChI=1S/C11H24N2/c1-10(2,3)9-6-7-13(8-9)11(4,5)12/h9H,6-8,12H2,1-5H3. The SMILES string of the molecule is CC(C)(C)C1CCN(C(C)(C)N)C1. The van der Waals surface area contributed by atoms with Gasteiger partial charge in [-0.05, 0) is 31.6 Å². The summed E-state index contributed by atoms with van der Waals surface area (Å²) in [5, 5.41) is 0. The number of nitrogens with zero attached hydrogens (tertiary/aromatic N) is 1. The van der Waals surface area contributed by atoms with Gasteiger partial charge in [0.1, 0.15) is 0 Å². The molecule has 0 spiro atoms. The average molecular weight is 184 g/mol. The number of nitrogens with two attached hydrogens (primary N) is 1. The molecule has 1 saturated heterocycles. The molecule has 0 bridgehead atoms. The first-order valence-electron chi connectivity index (χ1n) is 5.25. The highest BCUT2D eigenvalue weighted by Crippen LogP contribution is 2.35. The Kier molecular flexibility index (Phi) is 2.75. The van der Waals surface area contributed by atoms with Crippen molar-refractivity contribution in [2.75, 3.05) is 13.1 Å². The summed E-state index contributed by atoms with van der Waals surface area (Å²) in [5.41, 5.74) is 6.36. The second kappa shape index (κ2) is 3.25. The van der Waals surface area contributed by atoms with E-state index in [2.05, 4.69) is 39.5 Å². The maximum absolute atomic E-state index is 6.07. The summed E-state index contributed by atoms with van der Waals surface area (Å²) >= 11 is 0. The van der Waals surface area contributed by atoms with Crippen molar-refractivity contribution in [3.63, 3.8) is 0 Å². The van der Waals surface area contributed by atoms with E-state index in [0.29, 0.717) is 5.41 Å². The molecular formula is C11H24N2. The van der Waals surface area contributed by atoms with Gasteiger partial charge in [0.15, 0.2) is 0 Å². The van der Waals surface area contributed by atoms with Crippen molar-refractivity contribution in [1.29, 1.82) is 0 Å². The van der Waals surface area contributed by atoms with Crippen LogP contribution >= 0.6 is 0 Å². The average Bonchev–Trinajstić information content (AvgIpc) is 2.28. The van der Waals surface area contributed by atoms with Crippen molar-refractivity contribution in [3.05, 3.63) is 0 Å². The van der Waals surface area contributed by atoms with Gasteiger partial charge in [-0.15, -0.1) is 0 Å². The highest BCUT2D eigenvalue weighted by atomic mass is 15.3. The summed E-state index contributed by atoms with van der Waals surface area (Å²) in [6.45, 7) is 13.5. The lowest BCUT2D eigenvalue weighted by Crippen LogP contribution is -2.50. The predicted molar refractivity (Wildman–Crippen MR) is 57.4 cm³/mol. The Hall–Kier alpha value is -0.0800. The Morgan fingerprint density at radius 1 is 1.15 bits per heavy atom. The van der Waals surface area contributed by atoms with Crippen LogP contribution in [0.5, 0.6) is 0 Å². The molecule has 0 aromatic carbocycles. The summed E-state index contributed by atoms with van der Waals surface area (Å²) in [6, 6.07) is 0. The third kappa shape index (κ3) is 2.68. The van der Waals surface area contributed by atoms with Gasteiger partial charge in [0.2, 0.25) is 0 Å². The molecule has 0 amide bonds. The molecular weight excluding hydrogens is 160 g/mol. The molecule has 13 heavy (non-hydrogen) atoms. The molecule has 0 radical (unpaired) electrons. The molecule has 2 nitrogen and oxygen atoms in total. The molecule has 0 aromatic heterocycles. The van der Waals surface area contributed by atoms with Gasteiger partial charge in [0, 0.05) is 13.1 Å². The van der Waals surface area contributed by atoms with Gasteiger partial charge in [-0.25, -0.2) is 0 Å². The van der Waals surface area contributed by atoms with E-state index in [0.717, 1.165) is 19.0 Å². The largest absolute Gasteiger partial charge is 0.314 e. The molecule has 0 aliphatic carbocycles. The Balaban J connectivity index is 2.55. The first-order chi connectivity index (χ1) is 5.71. The van der Waals surface area contributed by atoms with E-state index in [1.165, 1.54) is 6.42 Å². The summed E-state index contributed by atoms with van der Waals surface area (Å²) in [7, 11) is 0. The lowest BCUT2D eigenvalue weighted by molar-refractivity contribution is 0.138. The van der Waals surface area contributed by atoms with Crippen LogP contribution in [0.2, 0.25) is 0 Å². The predicted octanol–water partition coefficient (Wildman–Crippen LogP) is 2.05. The van der Waals surface area contributed by atoms with Crippen molar-refractivity contribution in [1.82, 2.24) is 4.90 Å². The number of rotatable bonds is 1. The van der Waals surface area contributed by atoms with Gasteiger partial charge in [-0.1, -0.05) is 20.8 Å². The van der Waals surface area contributed by atoms with E-state index < -0.39 is 0 Å². The molecule has 1 aliphatic heterocycles. The third-order valence-electron chi connectivity index (χ3n) is 3.23. The summed E-state index contributed by atoms with van der Waals surface area (Å²) < 4.78 is 0. The highest BCUT2D eigenvalue weighted by molar-refractivity contribution is 4.88. The topological polar surface area (TPSA) is 29.3 Å². The van der Waals surface area contributed by atoms with Crippen LogP contribution < -0.4 is 5.73 Å². The number of hydrogen-bond acceptors (Lipinski definition) is 2. The highest BCUT2D eigenvalue weighted by Gasteiger charge is 2.36. The van der Waals surface area contributed by atoms with Gasteiger partial charge in [0.05, 0.1) is 5.66 Å². The van der Waals surface area contributed by atoms with Crippen LogP contribution in [0.3, 0.4) is 0 Å². The minimum absolute atomic E-state index is 0.139. The molecule has 1 atom stereocenters. The van der Waals surface area contributed by atoms with E-state index in [4.69, 9.17) is 5.73 Å². The van der Waals surface area contributed by atoms with Gasteiger partial charge in [0.25, 0.3) is 0 Å². The molecule has 0 aromatic rings. The quantitative estimate of drug-likeness (QED) is 0.676. The Morgan fingerprint density at radius 2 is 1.69 bits per heavy atom. The fraction of sp³-hybridized carbons (Fsp3) is 1.00. The summed E-state index contributed by atoms with van der Waals surface area (Å²) in [6.07, 6.45) is 1.30. The lowest BCUT2D eigenvalue weighted by atomic mass is 9.80. The molecule has 1 aliphatic rings. The molecule has 1 heterocycles. The molecule has 1 fully saturated rings. The van der Waals surface area contributed by atoms with Crippen molar-refractivity contribution in [2.45, 2.75) is 46.7 Å². The van der Waals surface area contributed by atoms with Crippen LogP contribution in [-0.4, -0.2) is 23.7 Å². The monoisotopic (exact) mass is 184 g/mol. The molecule has 78 valence electrons. The fourth-order valence-corrected chi connectivity index (χ4v) is 1.99. The maximum Gasteiger partial charge on any atom is 0.0629 e. The van der Waals surface area contributed by atoms with Crippen LogP contribution in [0.15, 0.2) is 0 Å². The third-order valence-corrected chi connectivity index (χ3v) is 3.23. The number of hydrogen-bond donors (Lipinski definition) is 1. The van der Waals surface area contributed by atoms with Crippen molar-refractivity contribution in [3.8, 4) is 0 Å². The van der Waals surface area contributed by atoms with Gasteiger partial charge in [-0.2, -0.15) is 0 Å². The molecule has 1 rings (SSSR count). The van der Waals surface area contributed by atoms with E-state index in [9.17, 15) is 0 Å².